The Morgan fingerprint density at radius 2 is 1.92 bits per heavy atom. The first-order chi connectivity index (χ1) is 12.2. The van der Waals surface area contributed by atoms with Gasteiger partial charge in [0.15, 0.2) is 5.58 Å². The molecule has 134 valence electrons. The number of oxazole rings is 1. The maximum Gasteiger partial charge on any atom is 0.419 e. The number of piperazine rings is 1. The number of para-hydroxylation sites is 2. The van der Waals surface area contributed by atoms with Gasteiger partial charge in [-0.05, 0) is 25.0 Å². The van der Waals surface area contributed by atoms with Gasteiger partial charge < -0.3 is 14.1 Å². The first kappa shape index (κ1) is 16.4. The highest BCUT2D eigenvalue weighted by Gasteiger charge is 2.30. The lowest BCUT2D eigenvalue weighted by Gasteiger charge is -2.35. The van der Waals surface area contributed by atoms with Crippen LogP contribution >= 0.6 is 0 Å². The van der Waals surface area contributed by atoms with Crippen LogP contribution < -0.4 is 5.76 Å². The normalized spacial score (nSPS) is 21.9. The molecule has 2 saturated heterocycles. The van der Waals surface area contributed by atoms with E-state index in [2.05, 4.69) is 4.90 Å². The Morgan fingerprint density at radius 1 is 1.12 bits per heavy atom. The van der Waals surface area contributed by atoms with Crippen molar-refractivity contribution in [1.29, 1.82) is 0 Å². The molecule has 4 rings (SSSR count). The van der Waals surface area contributed by atoms with Crippen molar-refractivity contribution in [3.8, 4) is 0 Å². The molecule has 1 aromatic heterocycles. The van der Waals surface area contributed by atoms with Crippen LogP contribution in [-0.4, -0.2) is 65.7 Å². The third-order valence-corrected chi connectivity index (χ3v) is 5.10. The molecule has 0 N–H and O–H groups in total. The monoisotopic (exact) mass is 345 g/mol. The van der Waals surface area contributed by atoms with Gasteiger partial charge in [-0.3, -0.25) is 14.3 Å². The van der Waals surface area contributed by atoms with E-state index in [-0.39, 0.29) is 17.8 Å². The van der Waals surface area contributed by atoms with Gasteiger partial charge in [0, 0.05) is 45.9 Å². The minimum absolute atomic E-state index is 0.134. The molecule has 7 heteroatoms. The Morgan fingerprint density at radius 3 is 2.68 bits per heavy atom. The van der Waals surface area contributed by atoms with Crippen LogP contribution in [0.25, 0.3) is 11.1 Å². The van der Waals surface area contributed by atoms with E-state index in [4.69, 9.17) is 9.15 Å². The summed E-state index contributed by atoms with van der Waals surface area (Å²) in [5.74, 6) is -0.178. The second kappa shape index (κ2) is 7.01. The van der Waals surface area contributed by atoms with Gasteiger partial charge in [0.2, 0.25) is 0 Å². The van der Waals surface area contributed by atoms with Crippen LogP contribution in [0, 0.1) is 0 Å². The summed E-state index contributed by atoms with van der Waals surface area (Å²) in [6.45, 7) is 5.15. The zero-order valence-electron chi connectivity index (χ0n) is 14.2. The van der Waals surface area contributed by atoms with Crippen molar-refractivity contribution in [3.05, 3.63) is 34.8 Å². The molecular formula is C18H23N3O4. The Kier molecular flexibility index (Phi) is 4.59. The van der Waals surface area contributed by atoms with Gasteiger partial charge in [0.1, 0.15) is 6.10 Å². The molecule has 0 bridgehead atoms. The van der Waals surface area contributed by atoms with E-state index in [9.17, 15) is 9.59 Å². The molecule has 1 atom stereocenters. The van der Waals surface area contributed by atoms with E-state index in [0.29, 0.717) is 18.7 Å². The fraction of sp³-hybridized carbons (Fsp3) is 0.556. The number of carbonyl (C=O) groups excluding carboxylic acids is 1. The molecule has 1 aromatic carbocycles. The number of hydrogen-bond acceptors (Lipinski definition) is 5. The lowest BCUT2D eigenvalue weighted by molar-refractivity contribution is -0.142. The Bertz CT molecular complexity index is 798. The molecule has 25 heavy (non-hydrogen) atoms. The molecular weight excluding hydrogens is 322 g/mol. The standard InChI is InChI=1S/C18H23N3O4/c22-17(16-6-3-13-24-16)20-10-7-19(8-11-20)9-12-21-14-4-1-2-5-15(14)25-18(21)23/h1-2,4-5,16H,3,6-13H2/t16-/m0/s1. The largest absolute Gasteiger partial charge is 0.419 e. The molecule has 2 aromatic rings. The summed E-state index contributed by atoms with van der Waals surface area (Å²) in [6, 6.07) is 7.48. The molecule has 0 aliphatic carbocycles. The molecule has 7 nitrogen and oxygen atoms in total. The van der Waals surface area contributed by atoms with E-state index >= 15 is 0 Å². The van der Waals surface area contributed by atoms with Crippen molar-refractivity contribution in [3.63, 3.8) is 0 Å². The third-order valence-electron chi connectivity index (χ3n) is 5.10. The average Bonchev–Trinajstić information content (AvgIpc) is 3.27. The lowest BCUT2D eigenvalue weighted by Crippen LogP contribution is -2.51. The van der Waals surface area contributed by atoms with Gasteiger partial charge in [-0.2, -0.15) is 0 Å². The van der Waals surface area contributed by atoms with E-state index in [0.717, 1.165) is 51.1 Å². The van der Waals surface area contributed by atoms with Gasteiger partial charge in [-0.25, -0.2) is 4.79 Å². The molecule has 0 saturated carbocycles. The number of nitrogens with zero attached hydrogens (tertiary/aromatic N) is 3. The van der Waals surface area contributed by atoms with Gasteiger partial charge in [-0.15, -0.1) is 0 Å². The fourth-order valence-electron chi connectivity index (χ4n) is 3.64. The summed E-state index contributed by atoms with van der Waals surface area (Å²) in [5, 5.41) is 0. The van der Waals surface area contributed by atoms with Crippen molar-refractivity contribution in [2.45, 2.75) is 25.5 Å². The van der Waals surface area contributed by atoms with Gasteiger partial charge >= 0.3 is 5.76 Å². The minimum atomic E-state index is -0.312. The lowest BCUT2D eigenvalue weighted by atomic mass is 10.2. The number of fused-ring (bicyclic) bond motifs is 1. The van der Waals surface area contributed by atoms with Gasteiger partial charge in [0.05, 0.1) is 5.52 Å². The first-order valence-electron chi connectivity index (χ1n) is 8.93. The molecule has 1 amide bonds. The summed E-state index contributed by atoms with van der Waals surface area (Å²) in [4.78, 5) is 28.6. The molecule has 0 spiro atoms. The summed E-state index contributed by atoms with van der Waals surface area (Å²) < 4.78 is 12.4. The predicted octanol–water partition coefficient (Wildman–Crippen LogP) is 0.918. The topological polar surface area (TPSA) is 67.9 Å². The number of benzene rings is 1. The van der Waals surface area contributed by atoms with Crippen LogP contribution in [0.1, 0.15) is 12.8 Å². The highest BCUT2D eigenvalue weighted by atomic mass is 16.5. The van der Waals surface area contributed by atoms with Crippen LogP contribution in [-0.2, 0) is 16.1 Å². The van der Waals surface area contributed by atoms with Crippen LogP contribution in [0.2, 0.25) is 0 Å². The Hall–Kier alpha value is -2.12. The van der Waals surface area contributed by atoms with Gasteiger partial charge in [0.25, 0.3) is 5.91 Å². The van der Waals surface area contributed by atoms with Crippen molar-refractivity contribution >= 4 is 17.0 Å². The first-order valence-corrected chi connectivity index (χ1v) is 8.93. The molecule has 0 unspecified atom stereocenters. The summed E-state index contributed by atoms with van der Waals surface area (Å²) in [5.41, 5.74) is 1.46. The summed E-state index contributed by atoms with van der Waals surface area (Å²) in [6.07, 6.45) is 1.58. The average molecular weight is 345 g/mol. The second-order valence-corrected chi connectivity index (χ2v) is 6.66. The quantitative estimate of drug-likeness (QED) is 0.824. The van der Waals surface area contributed by atoms with E-state index in [1.807, 2.05) is 29.2 Å². The van der Waals surface area contributed by atoms with Crippen molar-refractivity contribution in [1.82, 2.24) is 14.4 Å². The van der Waals surface area contributed by atoms with Crippen molar-refractivity contribution < 1.29 is 13.9 Å². The fourth-order valence-corrected chi connectivity index (χ4v) is 3.64. The Labute approximate surface area is 145 Å². The SMILES string of the molecule is O=C([C@@H]1CCCO1)N1CCN(CCn2c(=O)oc3ccccc32)CC1. The Balaban J connectivity index is 1.32. The summed E-state index contributed by atoms with van der Waals surface area (Å²) in [7, 11) is 0. The number of hydrogen-bond donors (Lipinski definition) is 0. The minimum Gasteiger partial charge on any atom is -0.408 e. The van der Waals surface area contributed by atoms with Gasteiger partial charge in [-0.1, -0.05) is 12.1 Å². The van der Waals surface area contributed by atoms with Crippen molar-refractivity contribution in [2.24, 2.45) is 0 Å². The zero-order chi connectivity index (χ0) is 17.2. The molecule has 3 heterocycles. The van der Waals surface area contributed by atoms with Crippen LogP contribution in [0.5, 0.6) is 0 Å². The van der Waals surface area contributed by atoms with Crippen molar-refractivity contribution in [2.75, 3.05) is 39.3 Å². The highest BCUT2D eigenvalue weighted by molar-refractivity contribution is 5.81. The van der Waals surface area contributed by atoms with Crippen LogP contribution in [0.3, 0.4) is 0 Å². The smallest absolute Gasteiger partial charge is 0.408 e. The second-order valence-electron chi connectivity index (χ2n) is 6.66. The molecule has 0 radical (unpaired) electrons. The maximum absolute atomic E-state index is 12.4. The van der Waals surface area contributed by atoms with E-state index < -0.39 is 0 Å². The number of aromatic nitrogens is 1. The molecule has 2 aliphatic rings. The third kappa shape index (κ3) is 3.34. The predicted molar refractivity (Wildman–Crippen MR) is 92.5 cm³/mol. The maximum atomic E-state index is 12.4. The number of rotatable bonds is 4. The van der Waals surface area contributed by atoms with E-state index in [1.165, 1.54) is 0 Å². The molecule has 2 fully saturated rings. The zero-order valence-corrected chi connectivity index (χ0v) is 14.2. The van der Waals surface area contributed by atoms with E-state index in [1.54, 1.807) is 4.57 Å². The van der Waals surface area contributed by atoms with Crippen LogP contribution in [0.15, 0.2) is 33.5 Å². The highest BCUT2D eigenvalue weighted by Crippen LogP contribution is 2.16. The number of ether oxygens (including phenoxy) is 1. The van der Waals surface area contributed by atoms with Crippen LogP contribution in [0.4, 0.5) is 0 Å². The summed E-state index contributed by atoms with van der Waals surface area (Å²) >= 11 is 0. The molecule has 2 aliphatic heterocycles. The number of carbonyl (C=O) groups is 1. The number of amides is 1.